The summed E-state index contributed by atoms with van der Waals surface area (Å²) in [6, 6.07) is 18.3. The summed E-state index contributed by atoms with van der Waals surface area (Å²) in [4.78, 5) is 151. The van der Waals surface area contributed by atoms with E-state index >= 15 is 28.8 Å². The molecule has 41 nitrogen and oxygen atoms in total. The maximum absolute atomic E-state index is 16.9. The third kappa shape index (κ3) is 25.6. The molecule has 22 atom stereocenters. The molecule has 0 radical (unpaired) electrons. The van der Waals surface area contributed by atoms with E-state index in [4.69, 9.17) is 99.4 Å². The highest BCUT2D eigenvalue weighted by Crippen LogP contribution is 2.52. The van der Waals surface area contributed by atoms with E-state index in [1.807, 2.05) is 36.4 Å². The van der Waals surface area contributed by atoms with Gasteiger partial charge in [0.05, 0.1) is 59.4 Å². The zero-order valence-corrected chi connectivity index (χ0v) is 80.8. The number of ether oxygens (including phenoxy) is 10. The highest BCUT2D eigenvalue weighted by atomic mass is 35.5. The molecule has 0 spiro atoms. The molecule has 0 saturated carbocycles. The number of aliphatic carboxylic acids is 1. The number of aromatic hydroxyl groups is 3. The van der Waals surface area contributed by atoms with Gasteiger partial charge >= 0.3 is 18.0 Å². The molecule has 7 aromatic rings. The molecule has 3 fully saturated rings. The van der Waals surface area contributed by atoms with E-state index in [0.717, 1.165) is 76.5 Å². The van der Waals surface area contributed by atoms with Crippen LogP contribution in [0.3, 0.4) is 0 Å². The minimum atomic E-state index is -2.34. The molecule has 8 aliphatic heterocycles. The second-order valence-electron chi connectivity index (χ2n) is 37.1. The molecule has 11 bridgehead atoms. The fourth-order valence-electron chi connectivity index (χ4n) is 18.0. The highest BCUT2D eigenvalue weighted by Gasteiger charge is 2.54. The number of esters is 1. The number of aliphatic hydroxyl groups is 6. The van der Waals surface area contributed by atoms with Gasteiger partial charge in [0.25, 0.3) is 0 Å². The number of fused-ring (bicyclic) bond motifs is 15. The Bertz CT molecular complexity index is 5770. The van der Waals surface area contributed by atoms with Crippen LogP contribution in [0.25, 0.3) is 22.3 Å². The van der Waals surface area contributed by atoms with E-state index in [2.05, 4.69) is 37.2 Å². The van der Waals surface area contributed by atoms with Gasteiger partial charge in [-0.05, 0) is 185 Å². The predicted molar refractivity (Wildman–Crippen MR) is 508 cm³/mol. The number of hydrogen-bond donors (Lipinski definition) is 20. The molecule has 8 heterocycles. The summed E-state index contributed by atoms with van der Waals surface area (Å²) in [5.41, 5.74) is 15.3. The number of Topliss-reactive ketones (excluding diaryl/α,β-unsaturated/α-hetero) is 2. The van der Waals surface area contributed by atoms with Gasteiger partial charge < -0.3 is 153 Å². The molecule has 22 unspecified atom stereocenters. The second kappa shape index (κ2) is 46.9. The number of phenols is 3. The monoisotopic (exact) mass is 2030 g/mol. The van der Waals surface area contributed by atoms with Crippen molar-refractivity contribution in [3.63, 3.8) is 0 Å². The molecule has 3 saturated heterocycles. The van der Waals surface area contributed by atoms with Crippen molar-refractivity contribution in [2.24, 2.45) is 29.0 Å². The number of primary amides is 1. The van der Waals surface area contributed by atoms with Gasteiger partial charge in [-0.15, -0.1) is 0 Å². The summed E-state index contributed by atoms with van der Waals surface area (Å²) in [7, 11) is 1.17. The number of benzene rings is 7. The van der Waals surface area contributed by atoms with Crippen LogP contribution in [0.5, 0.6) is 46.0 Å². The van der Waals surface area contributed by atoms with E-state index in [1.54, 1.807) is 39.8 Å². The Morgan fingerprint density at radius 1 is 0.655 bits per heavy atom. The van der Waals surface area contributed by atoms with Gasteiger partial charge in [0.15, 0.2) is 47.8 Å². The van der Waals surface area contributed by atoms with Crippen molar-refractivity contribution >= 4 is 93.9 Å². The number of halogens is 3. The summed E-state index contributed by atoms with van der Waals surface area (Å²) in [5.74, 6) is -21.3. The van der Waals surface area contributed by atoms with Gasteiger partial charge in [-0.2, -0.15) is 0 Å². The summed E-state index contributed by atoms with van der Waals surface area (Å²) in [6.45, 7) is 9.86. The summed E-state index contributed by atoms with van der Waals surface area (Å²) in [6.07, 6.45) is -25.9. The molecule has 0 aliphatic carbocycles. The third-order valence-corrected chi connectivity index (χ3v) is 26.7. The van der Waals surface area contributed by atoms with Crippen LogP contribution in [0, 0.1) is 11.8 Å². The number of carbonyl (C=O) groups excluding carboxylic acids is 9. The topological polar surface area (TPSA) is 631 Å². The Kier molecular flexibility index (Phi) is 35.6. The van der Waals surface area contributed by atoms with Crippen molar-refractivity contribution < 1.29 is 146 Å². The second-order valence-corrected chi connectivity index (χ2v) is 38.3. The molecule has 44 heteroatoms. The maximum atomic E-state index is 16.9. The third-order valence-electron chi connectivity index (χ3n) is 25.8. The van der Waals surface area contributed by atoms with Crippen LogP contribution in [-0.4, -0.2) is 265 Å². The average Bonchev–Trinajstić information content (AvgIpc) is 0.771. The molecule has 6 amide bonds. The number of hydrogen-bond acceptors (Lipinski definition) is 34. The van der Waals surface area contributed by atoms with E-state index in [1.165, 1.54) is 51.2 Å². The van der Waals surface area contributed by atoms with Crippen LogP contribution in [0.15, 0.2) is 127 Å². The SMILES string of the molecule is CC(C)CC(C(=O)NC1C(=O)CC(CC(N)=O)C(=O)NC2C(=O)CC3C(=O)NC(C(=O)NC(C(=O)O)c4cc(O)cc(O)c4-c4cc3ccc4O)C(OC3CC(C)(N)C(O)C(C)O3)c3ccc(c(Cl)c3)Oc3cc2cc(c3OC2OC(CO)C(O)C(O)C2OC2CC(C)(NCc3ccc(-c4ccc(Cl)cc4)cc3)C(O)C(C)O2)Oc2ccc(cc2Cl)C1O)N(C)C(=O)OCOC(=O)CNCCCNCCCN. The number of ketones is 2. The molecule has 23 N–H and O–H groups in total. The first-order valence-electron chi connectivity index (χ1n) is 46.2. The quantitative estimate of drug-likeness (QED) is 0.0145. The average molecular weight is 2040 g/mol. The maximum Gasteiger partial charge on any atom is 0.413 e. The minimum absolute atomic E-state index is 0.164. The van der Waals surface area contributed by atoms with Crippen LogP contribution in [0.2, 0.25) is 15.1 Å². The molecule has 142 heavy (non-hydrogen) atoms. The van der Waals surface area contributed by atoms with Crippen molar-refractivity contribution in [1.82, 2.24) is 42.1 Å². The number of nitrogens with one attached hydrogen (secondary N) is 7. The van der Waals surface area contributed by atoms with Gasteiger partial charge in [0.1, 0.15) is 83.4 Å². The zero-order chi connectivity index (χ0) is 103. The molecule has 15 rings (SSSR count). The van der Waals surface area contributed by atoms with Crippen molar-refractivity contribution in [3.8, 4) is 68.2 Å². The fraction of sp³-hybridized carbons (Fsp3) is 0.469. The van der Waals surface area contributed by atoms with Gasteiger partial charge in [-0.25, -0.2) is 9.59 Å². The number of amides is 6. The van der Waals surface area contributed by atoms with E-state index < -0.39 is 309 Å². The van der Waals surface area contributed by atoms with Crippen molar-refractivity contribution in [2.45, 2.75) is 227 Å². The predicted octanol–water partition coefficient (Wildman–Crippen LogP) is 5.74. The minimum Gasteiger partial charge on any atom is -0.508 e. The number of nitrogens with zero attached hydrogens (tertiary/aromatic N) is 1. The summed E-state index contributed by atoms with van der Waals surface area (Å²) < 4.78 is 63.7. The first-order valence-corrected chi connectivity index (χ1v) is 47.4. The number of nitrogens with two attached hydrogens (primary N) is 3. The van der Waals surface area contributed by atoms with Gasteiger partial charge in [0.2, 0.25) is 48.4 Å². The normalized spacial score (nSPS) is 27.6. The molecular formula is C98H118Cl3N11O30. The number of aliphatic hydroxyl groups excluding tert-OH is 6. The highest BCUT2D eigenvalue weighted by molar-refractivity contribution is 6.32. The number of rotatable bonds is 30. The lowest BCUT2D eigenvalue weighted by molar-refractivity contribution is -0.334. The number of carbonyl (C=O) groups is 10. The number of phenolic OH excluding ortho intramolecular Hbond substituents is 3. The van der Waals surface area contributed by atoms with Crippen LogP contribution in [0.4, 0.5) is 4.79 Å². The first-order chi connectivity index (χ1) is 67.4. The Labute approximate surface area is 830 Å². The van der Waals surface area contributed by atoms with Gasteiger partial charge in [-0.1, -0.05) is 103 Å². The zero-order valence-electron chi connectivity index (χ0n) is 78.5. The van der Waals surface area contributed by atoms with E-state index in [9.17, 15) is 70.2 Å². The summed E-state index contributed by atoms with van der Waals surface area (Å²) in [5, 5.41) is 138. The standard InChI is InChI=1S/C98H118Cl3N11O30/c1-45(2)28-63(112(7)96(132)134-44-133-74(120)42-106-27-9-26-105-25-8-24-102)92(128)110-80-66(117)32-55(35-73(103)119)90(126)108-78-54-33-70(137-68-22-17-52(82(80)121)30-61(68)100)86(142-95-87(84(123)83(122)72(43-113)139-95)141-76-40-98(6,89(125)47(4)136-76)107-41-48-10-12-49(13-11-48)50-14-19-56(99)20-15-50)71(34-54)138-69-23-18-53(31-62(69)101)85(140-75-39-97(5,104)88(124)46(3)135-75)81-93(129)109-79(94(130)131)60-36-57(114)37-65(116)77(60)59-29-51(16-21-64(59)115)58(38-67(78)118)91(127)111-81/h10-23,29-31,33-34,36-37,45-47,55,58,63,72,75-76,78-85,87-89,95,105-107,113-116,121-125H,8-9,24-28,32,35,38-44,102,104H2,1-7H3,(H2,103,119)(H,108,126)(H,109,129)(H,110,128)(H,111,127)(H,130,131). The Balaban J connectivity index is 0.968. The lowest BCUT2D eigenvalue weighted by Gasteiger charge is -2.48. The number of carboxylic acid groups (broad SMARTS) is 1. The van der Waals surface area contributed by atoms with Crippen molar-refractivity contribution in [1.29, 1.82) is 0 Å². The van der Waals surface area contributed by atoms with Crippen LogP contribution in [0.1, 0.15) is 156 Å². The molecule has 766 valence electrons. The van der Waals surface area contributed by atoms with Crippen molar-refractivity contribution in [2.75, 3.05) is 53.2 Å². The van der Waals surface area contributed by atoms with Crippen molar-refractivity contribution in [3.05, 3.63) is 176 Å². The molecular weight excluding hydrogens is 1920 g/mol. The number of likely N-dealkylation sites (N-methyl/N-ethyl adjacent to an activating group) is 1. The first kappa shape index (κ1) is 108. The van der Waals surface area contributed by atoms with Gasteiger partial charge in [-0.3, -0.25) is 43.3 Å². The van der Waals surface area contributed by atoms with Gasteiger partial charge in [0, 0.05) is 84.6 Å². The Hall–Kier alpha value is -11.5. The Morgan fingerprint density at radius 2 is 1.28 bits per heavy atom. The van der Waals surface area contributed by atoms with E-state index in [0.29, 0.717) is 37.6 Å². The van der Waals surface area contributed by atoms with Crippen LogP contribution in [-0.2, 0) is 82.9 Å². The molecule has 0 aromatic heterocycles. The lowest BCUT2D eigenvalue weighted by Crippen LogP contribution is -2.65. The smallest absolute Gasteiger partial charge is 0.413 e. The molecule has 8 aliphatic rings. The van der Waals surface area contributed by atoms with E-state index in [-0.39, 0.29) is 49.0 Å². The largest absolute Gasteiger partial charge is 0.508 e. The fourth-order valence-corrected chi connectivity index (χ4v) is 18.6. The molecule has 7 aromatic carbocycles. The Morgan fingerprint density at radius 3 is 1.92 bits per heavy atom. The lowest BCUT2D eigenvalue weighted by atomic mass is 9.84. The summed E-state index contributed by atoms with van der Waals surface area (Å²) >= 11 is 21.0. The number of carboxylic acids is 1. The van der Waals surface area contributed by atoms with Crippen LogP contribution < -0.4 is 68.6 Å². The van der Waals surface area contributed by atoms with Crippen LogP contribution >= 0.6 is 34.8 Å².